The molecular weight excluding hydrogens is 414 g/mol. The first-order valence-corrected chi connectivity index (χ1v) is 11.4. The van der Waals surface area contributed by atoms with Crippen LogP contribution in [0.1, 0.15) is 54.1 Å². The number of anilines is 4. The largest absolute Gasteiger partial charge is 0.497 e. The molecule has 6 nitrogen and oxygen atoms in total. The molecule has 0 spiro atoms. The molecule has 33 heavy (non-hydrogen) atoms. The molecule has 172 valence electrons. The minimum Gasteiger partial charge on any atom is -0.497 e. The molecule has 0 aliphatic heterocycles. The van der Waals surface area contributed by atoms with Crippen molar-refractivity contribution < 1.29 is 14.3 Å². The third-order valence-corrected chi connectivity index (χ3v) is 6.35. The Hall–Kier alpha value is -3.54. The third kappa shape index (κ3) is 5.28. The van der Waals surface area contributed by atoms with Crippen LogP contribution in [0.25, 0.3) is 0 Å². The van der Waals surface area contributed by atoms with Gasteiger partial charge in [0.25, 0.3) is 0 Å². The van der Waals surface area contributed by atoms with Crippen LogP contribution in [0.4, 0.5) is 22.7 Å². The van der Waals surface area contributed by atoms with E-state index in [-0.39, 0.29) is 0 Å². The Bertz CT molecular complexity index is 1070. The molecular formula is C27H31N3O3. The third-order valence-electron chi connectivity index (χ3n) is 6.35. The quantitative estimate of drug-likeness (QED) is 0.423. The second-order valence-corrected chi connectivity index (χ2v) is 8.41. The molecule has 1 heterocycles. The van der Waals surface area contributed by atoms with Crippen molar-refractivity contribution in [2.45, 2.75) is 38.0 Å². The van der Waals surface area contributed by atoms with Crippen LogP contribution in [0.2, 0.25) is 0 Å². The van der Waals surface area contributed by atoms with E-state index in [2.05, 4.69) is 22.3 Å². The SMILES string of the molecule is COC(=O)c1cc(OC)ccc1Nc1ccc(N(C)c2ccc(C3CCCCC3)nc2)cc1. The second-order valence-electron chi connectivity index (χ2n) is 8.41. The van der Waals surface area contributed by atoms with E-state index in [9.17, 15) is 4.79 Å². The summed E-state index contributed by atoms with van der Waals surface area (Å²) in [6.45, 7) is 0. The lowest BCUT2D eigenvalue weighted by Gasteiger charge is -2.23. The number of nitrogens with zero attached hydrogens (tertiary/aromatic N) is 2. The highest BCUT2D eigenvalue weighted by Gasteiger charge is 2.17. The molecule has 4 rings (SSSR count). The molecule has 1 aliphatic rings. The molecule has 3 aromatic rings. The average molecular weight is 446 g/mol. The molecule has 0 unspecified atom stereocenters. The first kappa shape index (κ1) is 22.6. The fraction of sp³-hybridized carbons (Fsp3) is 0.333. The molecule has 1 N–H and O–H groups in total. The molecule has 1 saturated carbocycles. The van der Waals surface area contributed by atoms with Crippen molar-refractivity contribution in [3.8, 4) is 5.75 Å². The van der Waals surface area contributed by atoms with Gasteiger partial charge in [0.2, 0.25) is 0 Å². The van der Waals surface area contributed by atoms with Crippen LogP contribution in [0.15, 0.2) is 60.8 Å². The molecule has 0 radical (unpaired) electrons. The van der Waals surface area contributed by atoms with Gasteiger partial charge in [-0.1, -0.05) is 19.3 Å². The molecule has 0 bridgehead atoms. The summed E-state index contributed by atoms with van der Waals surface area (Å²) >= 11 is 0. The number of methoxy groups -OCH3 is 2. The standard InChI is InChI=1S/C27H31N3O3/c1-30(22-13-15-25(28-18-22)19-7-5-4-6-8-19)21-11-9-20(10-12-21)29-26-16-14-23(32-2)17-24(26)27(31)33-3/h9-19,29H,4-8H2,1-3H3. The maximum Gasteiger partial charge on any atom is 0.340 e. The smallest absolute Gasteiger partial charge is 0.340 e. The highest BCUT2D eigenvalue weighted by Crippen LogP contribution is 2.33. The van der Waals surface area contributed by atoms with Crippen LogP contribution < -0.4 is 15.0 Å². The number of pyridine rings is 1. The first-order chi connectivity index (χ1) is 16.1. The summed E-state index contributed by atoms with van der Waals surface area (Å²) in [4.78, 5) is 19.1. The fourth-order valence-corrected chi connectivity index (χ4v) is 4.35. The summed E-state index contributed by atoms with van der Waals surface area (Å²) in [5, 5.41) is 3.30. The van der Waals surface area contributed by atoms with Crippen LogP contribution in [-0.4, -0.2) is 32.2 Å². The Labute approximate surface area is 195 Å². The van der Waals surface area contributed by atoms with Gasteiger partial charge >= 0.3 is 5.97 Å². The van der Waals surface area contributed by atoms with Gasteiger partial charge in [-0.2, -0.15) is 0 Å². The topological polar surface area (TPSA) is 63.7 Å². The summed E-state index contributed by atoms with van der Waals surface area (Å²) in [7, 11) is 4.98. The maximum absolute atomic E-state index is 12.2. The van der Waals surface area contributed by atoms with E-state index in [1.54, 1.807) is 19.2 Å². The minimum atomic E-state index is -0.420. The molecule has 1 fully saturated rings. The Balaban J connectivity index is 1.46. The van der Waals surface area contributed by atoms with Gasteiger partial charge in [0, 0.05) is 30.0 Å². The lowest BCUT2D eigenvalue weighted by molar-refractivity contribution is 0.0601. The van der Waals surface area contributed by atoms with Gasteiger partial charge in [-0.25, -0.2) is 4.79 Å². The number of rotatable bonds is 7. The zero-order valence-corrected chi connectivity index (χ0v) is 19.5. The van der Waals surface area contributed by atoms with Crippen molar-refractivity contribution in [2.75, 3.05) is 31.5 Å². The molecule has 0 saturated heterocycles. The predicted molar refractivity (Wildman–Crippen MR) is 132 cm³/mol. The van der Waals surface area contributed by atoms with E-state index >= 15 is 0 Å². The Morgan fingerprint density at radius 1 is 0.970 bits per heavy atom. The summed E-state index contributed by atoms with van der Waals surface area (Å²) in [6, 6.07) is 17.7. The van der Waals surface area contributed by atoms with Gasteiger partial charge in [-0.15, -0.1) is 0 Å². The lowest BCUT2D eigenvalue weighted by atomic mass is 9.87. The normalized spacial score (nSPS) is 13.9. The van der Waals surface area contributed by atoms with Gasteiger partial charge in [0.15, 0.2) is 0 Å². The van der Waals surface area contributed by atoms with Crippen LogP contribution in [0.5, 0.6) is 5.75 Å². The Kier molecular flexibility index (Phi) is 7.13. The summed E-state index contributed by atoms with van der Waals surface area (Å²) < 4.78 is 10.1. The molecule has 0 amide bonds. The number of hydrogen-bond donors (Lipinski definition) is 1. The zero-order valence-electron chi connectivity index (χ0n) is 19.5. The van der Waals surface area contributed by atoms with Gasteiger partial charge in [-0.05, 0) is 67.4 Å². The number of ether oxygens (including phenoxy) is 2. The number of aromatic nitrogens is 1. The van der Waals surface area contributed by atoms with Crippen molar-refractivity contribution in [1.29, 1.82) is 0 Å². The molecule has 6 heteroatoms. The Morgan fingerprint density at radius 2 is 1.70 bits per heavy atom. The average Bonchev–Trinajstić information content (AvgIpc) is 2.89. The zero-order chi connectivity index (χ0) is 23.2. The lowest BCUT2D eigenvalue weighted by Crippen LogP contribution is -2.11. The van der Waals surface area contributed by atoms with Gasteiger partial charge in [0.05, 0.1) is 37.4 Å². The van der Waals surface area contributed by atoms with E-state index < -0.39 is 5.97 Å². The van der Waals surface area contributed by atoms with E-state index in [4.69, 9.17) is 14.5 Å². The number of nitrogens with one attached hydrogen (secondary N) is 1. The number of hydrogen-bond acceptors (Lipinski definition) is 6. The summed E-state index contributed by atoms with van der Waals surface area (Å²) in [5.41, 5.74) is 5.27. The summed E-state index contributed by atoms with van der Waals surface area (Å²) in [6.07, 6.45) is 8.45. The Morgan fingerprint density at radius 3 is 2.33 bits per heavy atom. The highest BCUT2D eigenvalue weighted by molar-refractivity contribution is 5.97. The van der Waals surface area contributed by atoms with Crippen molar-refractivity contribution >= 4 is 28.7 Å². The van der Waals surface area contributed by atoms with Gasteiger partial charge < -0.3 is 19.7 Å². The van der Waals surface area contributed by atoms with Crippen molar-refractivity contribution in [3.63, 3.8) is 0 Å². The fourth-order valence-electron chi connectivity index (χ4n) is 4.35. The van der Waals surface area contributed by atoms with E-state index in [0.29, 0.717) is 22.9 Å². The predicted octanol–water partition coefficient (Wildman–Crippen LogP) is 6.44. The molecule has 2 aromatic carbocycles. The van der Waals surface area contributed by atoms with Crippen molar-refractivity contribution in [1.82, 2.24) is 4.98 Å². The van der Waals surface area contributed by atoms with E-state index in [1.165, 1.54) is 44.9 Å². The number of esters is 1. The van der Waals surface area contributed by atoms with Crippen LogP contribution in [-0.2, 0) is 4.74 Å². The summed E-state index contributed by atoms with van der Waals surface area (Å²) in [5.74, 6) is 0.786. The van der Waals surface area contributed by atoms with Crippen LogP contribution in [0.3, 0.4) is 0 Å². The highest BCUT2D eigenvalue weighted by atomic mass is 16.5. The maximum atomic E-state index is 12.2. The molecule has 1 aromatic heterocycles. The van der Waals surface area contributed by atoms with Gasteiger partial charge in [-0.3, -0.25) is 4.98 Å². The molecule has 1 aliphatic carbocycles. The number of benzene rings is 2. The first-order valence-electron chi connectivity index (χ1n) is 11.4. The monoisotopic (exact) mass is 445 g/mol. The van der Waals surface area contributed by atoms with E-state index in [0.717, 1.165) is 17.1 Å². The van der Waals surface area contributed by atoms with E-state index in [1.807, 2.05) is 43.6 Å². The van der Waals surface area contributed by atoms with Crippen LogP contribution in [0, 0.1) is 0 Å². The molecule has 0 atom stereocenters. The van der Waals surface area contributed by atoms with Crippen molar-refractivity contribution in [3.05, 3.63) is 72.1 Å². The van der Waals surface area contributed by atoms with Gasteiger partial charge in [0.1, 0.15) is 5.75 Å². The second kappa shape index (κ2) is 10.4. The minimum absolute atomic E-state index is 0.419. The van der Waals surface area contributed by atoms with Crippen molar-refractivity contribution in [2.24, 2.45) is 0 Å². The van der Waals surface area contributed by atoms with Crippen LogP contribution >= 0.6 is 0 Å². The number of carbonyl (C=O) groups is 1. The number of carbonyl (C=O) groups excluding carboxylic acids is 1.